The zero-order chi connectivity index (χ0) is 15.5. The number of nitrogens with zero attached hydrogens (tertiary/aromatic N) is 2. The van der Waals surface area contributed by atoms with Crippen molar-refractivity contribution in [2.45, 2.75) is 19.8 Å². The molecule has 22 heavy (non-hydrogen) atoms. The topological polar surface area (TPSA) is 57.3 Å². The first-order chi connectivity index (χ1) is 10.7. The molecular formula is C16H20N4OS. The number of hydrogen-bond donors (Lipinski definition) is 2. The van der Waals surface area contributed by atoms with Crippen LogP contribution in [0.5, 0.6) is 0 Å². The summed E-state index contributed by atoms with van der Waals surface area (Å²) in [5, 5.41) is 6.66. The van der Waals surface area contributed by atoms with Gasteiger partial charge in [0.25, 0.3) is 5.91 Å². The van der Waals surface area contributed by atoms with Crippen LogP contribution in [0.15, 0.2) is 24.3 Å². The van der Waals surface area contributed by atoms with Crippen LogP contribution in [0.3, 0.4) is 0 Å². The number of anilines is 3. The van der Waals surface area contributed by atoms with E-state index in [1.54, 1.807) is 7.05 Å². The van der Waals surface area contributed by atoms with Crippen molar-refractivity contribution in [3.63, 3.8) is 0 Å². The van der Waals surface area contributed by atoms with Crippen molar-refractivity contribution in [1.29, 1.82) is 0 Å². The summed E-state index contributed by atoms with van der Waals surface area (Å²) in [5.41, 5.74) is 2.79. The molecule has 0 atom stereocenters. The average Bonchev–Trinajstić information content (AvgIpc) is 3.17. The molecule has 6 heteroatoms. The number of carbonyl (C=O) groups is 1. The highest BCUT2D eigenvalue weighted by atomic mass is 32.1. The summed E-state index contributed by atoms with van der Waals surface area (Å²) in [4.78, 5) is 19.6. The Balaban J connectivity index is 1.69. The Kier molecular flexibility index (Phi) is 4.29. The molecule has 0 unspecified atom stereocenters. The third-order valence-electron chi connectivity index (χ3n) is 3.81. The summed E-state index contributed by atoms with van der Waals surface area (Å²) < 4.78 is 0. The predicted molar refractivity (Wildman–Crippen MR) is 92.2 cm³/mol. The number of amides is 1. The second-order valence-corrected chi connectivity index (χ2v) is 6.38. The van der Waals surface area contributed by atoms with Gasteiger partial charge in [0.15, 0.2) is 5.13 Å². The SMILES string of the molecule is CNc1nc(C)c(C(=O)Nc2ccc(N3CCCC3)cc2)s1. The van der Waals surface area contributed by atoms with Gasteiger partial charge in [0.2, 0.25) is 0 Å². The van der Waals surface area contributed by atoms with Gasteiger partial charge in [0.05, 0.1) is 5.69 Å². The van der Waals surface area contributed by atoms with E-state index in [1.165, 1.54) is 29.9 Å². The Labute approximate surface area is 134 Å². The van der Waals surface area contributed by atoms with Gasteiger partial charge in [-0.3, -0.25) is 4.79 Å². The predicted octanol–water partition coefficient (Wildman–Crippen LogP) is 3.35. The number of aryl methyl sites for hydroxylation is 1. The summed E-state index contributed by atoms with van der Waals surface area (Å²) in [5.74, 6) is -0.106. The van der Waals surface area contributed by atoms with Crippen LogP contribution < -0.4 is 15.5 Å². The molecule has 2 N–H and O–H groups in total. The van der Waals surface area contributed by atoms with Gasteiger partial charge in [-0.25, -0.2) is 4.98 Å². The molecule has 5 nitrogen and oxygen atoms in total. The Morgan fingerprint density at radius 1 is 1.23 bits per heavy atom. The normalized spacial score (nSPS) is 14.2. The number of benzene rings is 1. The van der Waals surface area contributed by atoms with Crippen LogP contribution in [0.2, 0.25) is 0 Å². The minimum absolute atomic E-state index is 0.106. The minimum Gasteiger partial charge on any atom is -0.372 e. The van der Waals surface area contributed by atoms with Crippen LogP contribution >= 0.6 is 11.3 Å². The van der Waals surface area contributed by atoms with Gasteiger partial charge < -0.3 is 15.5 Å². The quantitative estimate of drug-likeness (QED) is 0.908. The maximum absolute atomic E-state index is 12.3. The monoisotopic (exact) mass is 316 g/mol. The second kappa shape index (κ2) is 6.36. The van der Waals surface area contributed by atoms with E-state index in [2.05, 4.69) is 32.7 Å². The van der Waals surface area contributed by atoms with Crippen molar-refractivity contribution in [1.82, 2.24) is 4.98 Å². The van der Waals surface area contributed by atoms with Gasteiger partial charge in [-0.05, 0) is 44.0 Å². The molecule has 2 heterocycles. The number of nitrogens with one attached hydrogen (secondary N) is 2. The molecule has 2 aromatic rings. The highest BCUT2D eigenvalue weighted by Crippen LogP contribution is 2.25. The van der Waals surface area contributed by atoms with Crippen LogP contribution in [0.25, 0.3) is 0 Å². The smallest absolute Gasteiger partial charge is 0.267 e. The van der Waals surface area contributed by atoms with Crippen molar-refractivity contribution in [3.05, 3.63) is 34.8 Å². The summed E-state index contributed by atoms with van der Waals surface area (Å²) in [6, 6.07) is 8.06. The van der Waals surface area contributed by atoms with Crippen molar-refractivity contribution < 1.29 is 4.79 Å². The molecule has 116 valence electrons. The fraction of sp³-hybridized carbons (Fsp3) is 0.375. The number of rotatable bonds is 4. The van der Waals surface area contributed by atoms with Crippen LogP contribution in [0, 0.1) is 6.92 Å². The number of aromatic nitrogens is 1. The molecule has 1 saturated heterocycles. The Morgan fingerprint density at radius 3 is 2.50 bits per heavy atom. The summed E-state index contributed by atoms with van der Waals surface area (Å²) in [7, 11) is 1.80. The fourth-order valence-corrected chi connectivity index (χ4v) is 3.45. The van der Waals surface area contributed by atoms with Gasteiger partial charge in [-0.2, -0.15) is 0 Å². The first-order valence-corrected chi connectivity index (χ1v) is 8.30. The molecule has 0 radical (unpaired) electrons. The lowest BCUT2D eigenvalue weighted by atomic mass is 10.2. The molecular weight excluding hydrogens is 296 g/mol. The maximum atomic E-state index is 12.3. The summed E-state index contributed by atoms with van der Waals surface area (Å²) in [6.45, 7) is 4.10. The molecule has 3 rings (SSSR count). The van der Waals surface area contributed by atoms with Gasteiger partial charge >= 0.3 is 0 Å². The minimum atomic E-state index is -0.106. The number of hydrogen-bond acceptors (Lipinski definition) is 5. The standard InChI is InChI=1S/C16H20N4OS/c1-11-14(22-16(17-2)18-11)15(21)19-12-5-7-13(8-6-12)20-9-3-4-10-20/h5-8H,3-4,9-10H2,1-2H3,(H,17,18)(H,19,21). The zero-order valence-corrected chi connectivity index (χ0v) is 13.7. The lowest BCUT2D eigenvalue weighted by molar-refractivity contribution is 0.103. The number of carbonyl (C=O) groups excluding carboxylic acids is 1. The van der Waals surface area contributed by atoms with Crippen LogP contribution in [-0.2, 0) is 0 Å². The molecule has 0 aliphatic carbocycles. The Hall–Kier alpha value is -2.08. The molecule has 1 aromatic heterocycles. The summed E-state index contributed by atoms with van der Waals surface area (Å²) in [6.07, 6.45) is 2.52. The van der Waals surface area contributed by atoms with E-state index in [1.807, 2.05) is 19.1 Å². The third kappa shape index (κ3) is 3.06. The Morgan fingerprint density at radius 2 is 1.91 bits per heavy atom. The van der Waals surface area contributed by atoms with Crippen molar-refractivity contribution in [2.75, 3.05) is 35.7 Å². The van der Waals surface area contributed by atoms with E-state index in [9.17, 15) is 4.79 Å². The fourth-order valence-electron chi connectivity index (χ4n) is 2.63. The van der Waals surface area contributed by atoms with Crippen LogP contribution in [0.4, 0.5) is 16.5 Å². The first-order valence-electron chi connectivity index (χ1n) is 7.49. The maximum Gasteiger partial charge on any atom is 0.267 e. The van der Waals surface area contributed by atoms with Gasteiger partial charge in [0.1, 0.15) is 4.88 Å². The molecule has 1 aromatic carbocycles. The van der Waals surface area contributed by atoms with E-state index >= 15 is 0 Å². The molecule has 1 aliphatic heterocycles. The Bertz CT molecular complexity index is 659. The second-order valence-electron chi connectivity index (χ2n) is 5.38. The zero-order valence-electron chi connectivity index (χ0n) is 12.8. The van der Waals surface area contributed by atoms with Crippen molar-refractivity contribution in [2.24, 2.45) is 0 Å². The summed E-state index contributed by atoms with van der Waals surface area (Å²) >= 11 is 1.37. The molecule has 0 spiro atoms. The van der Waals surface area contributed by atoms with Crippen molar-refractivity contribution >= 4 is 33.8 Å². The number of thiazole rings is 1. The van der Waals surface area contributed by atoms with Gasteiger partial charge in [-0.1, -0.05) is 11.3 Å². The third-order valence-corrected chi connectivity index (χ3v) is 4.99. The van der Waals surface area contributed by atoms with E-state index in [4.69, 9.17) is 0 Å². The van der Waals surface area contributed by atoms with E-state index in [0.29, 0.717) is 4.88 Å². The first kappa shape index (κ1) is 14.8. The van der Waals surface area contributed by atoms with E-state index in [0.717, 1.165) is 29.6 Å². The highest BCUT2D eigenvalue weighted by Gasteiger charge is 2.16. The van der Waals surface area contributed by atoms with Crippen LogP contribution in [0.1, 0.15) is 28.2 Å². The van der Waals surface area contributed by atoms with Crippen molar-refractivity contribution in [3.8, 4) is 0 Å². The lowest BCUT2D eigenvalue weighted by Crippen LogP contribution is -2.17. The van der Waals surface area contributed by atoms with E-state index < -0.39 is 0 Å². The average molecular weight is 316 g/mol. The van der Waals surface area contributed by atoms with E-state index in [-0.39, 0.29) is 5.91 Å². The largest absolute Gasteiger partial charge is 0.372 e. The lowest BCUT2D eigenvalue weighted by Gasteiger charge is -2.17. The van der Waals surface area contributed by atoms with Gasteiger partial charge in [-0.15, -0.1) is 0 Å². The highest BCUT2D eigenvalue weighted by molar-refractivity contribution is 7.17. The molecule has 1 aliphatic rings. The van der Waals surface area contributed by atoms with Gasteiger partial charge in [0, 0.05) is 31.5 Å². The molecule has 1 fully saturated rings. The molecule has 1 amide bonds. The molecule has 0 saturated carbocycles. The molecule has 0 bridgehead atoms. The van der Waals surface area contributed by atoms with Crippen LogP contribution in [-0.4, -0.2) is 31.0 Å².